The number of hydrogen-bond acceptors (Lipinski definition) is 2. The lowest BCUT2D eigenvalue weighted by Gasteiger charge is -2.01. The van der Waals surface area contributed by atoms with Crippen LogP contribution in [0.2, 0.25) is 5.02 Å². The van der Waals surface area contributed by atoms with Gasteiger partial charge in [0.1, 0.15) is 5.82 Å². The third-order valence-corrected chi connectivity index (χ3v) is 3.50. The maximum atomic E-state index is 13.9. The smallest absolute Gasteiger partial charge is 0.256 e. The Morgan fingerprint density at radius 1 is 1.29 bits per heavy atom. The van der Waals surface area contributed by atoms with Crippen LogP contribution in [0, 0.1) is 17.1 Å². The molecular weight excluding hydrogens is 291 g/mol. The van der Waals surface area contributed by atoms with Crippen LogP contribution in [-0.2, 0) is 4.79 Å². The Balaban J connectivity index is 2.13. The Bertz CT molecular complexity index is 837. The lowest BCUT2D eigenvalue weighted by atomic mass is 10.0. The van der Waals surface area contributed by atoms with E-state index in [1.165, 1.54) is 12.1 Å². The molecule has 1 heterocycles. The Labute approximate surface area is 125 Å². The number of carbonyl (C=O) groups excluding carboxylic acids is 1. The van der Waals surface area contributed by atoms with E-state index in [0.29, 0.717) is 22.4 Å². The minimum Gasteiger partial charge on any atom is -0.321 e. The molecule has 0 spiro atoms. The third kappa shape index (κ3) is 2.28. The average Bonchev–Trinajstić information content (AvgIpc) is 2.79. The fraction of sp³-hybridized carbons (Fsp3) is 0. The minimum atomic E-state index is -0.568. The van der Waals surface area contributed by atoms with Crippen molar-refractivity contribution in [1.82, 2.24) is 0 Å². The zero-order valence-corrected chi connectivity index (χ0v) is 11.4. The summed E-state index contributed by atoms with van der Waals surface area (Å²) in [4.78, 5) is 12.0. The number of amides is 1. The van der Waals surface area contributed by atoms with Gasteiger partial charge in [0.2, 0.25) is 0 Å². The highest BCUT2D eigenvalue weighted by atomic mass is 35.5. The zero-order valence-electron chi connectivity index (χ0n) is 10.7. The summed E-state index contributed by atoms with van der Waals surface area (Å²) < 4.78 is 13.9. The number of halogens is 2. The first kappa shape index (κ1) is 13.3. The molecular formula is C16H8ClFN2O. The first-order chi connectivity index (χ1) is 10.1. The van der Waals surface area contributed by atoms with E-state index in [2.05, 4.69) is 5.32 Å². The maximum absolute atomic E-state index is 13.9. The van der Waals surface area contributed by atoms with Crippen LogP contribution in [-0.4, -0.2) is 5.91 Å². The van der Waals surface area contributed by atoms with Gasteiger partial charge in [0.05, 0.1) is 22.3 Å². The number of nitrogens with zero attached hydrogens (tertiary/aromatic N) is 1. The highest BCUT2D eigenvalue weighted by Gasteiger charge is 2.24. The van der Waals surface area contributed by atoms with Gasteiger partial charge in [-0.15, -0.1) is 0 Å². The molecule has 3 rings (SSSR count). The van der Waals surface area contributed by atoms with Crippen molar-refractivity contribution < 1.29 is 9.18 Å². The number of fused-ring (bicyclic) bond motifs is 1. The Hall–Kier alpha value is -2.64. The lowest BCUT2D eigenvalue weighted by Crippen LogP contribution is -2.03. The summed E-state index contributed by atoms with van der Waals surface area (Å²) in [5.74, 6) is -0.902. The van der Waals surface area contributed by atoms with E-state index in [-0.39, 0.29) is 16.5 Å². The molecule has 1 aliphatic heterocycles. The topological polar surface area (TPSA) is 52.9 Å². The lowest BCUT2D eigenvalue weighted by molar-refractivity contribution is -0.110. The molecule has 0 aliphatic carbocycles. The Morgan fingerprint density at radius 3 is 2.86 bits per heavy atom. The molecule has 1 aliphatic rings. The molecule has 0 bridgehead atoms. The summed E-state index contributed by atoms with van der Waals surface area (Å²) in [5, 5.41) is 11.5. The minimum absolute atomic E-state index is 0.00260. The summed E-state index contributed by atoms with van der Waals surface area (Å²) in [6.45, 7) is 0. The van der Waals surface area contributed by atoms with E-state index in [1.807, 2.05) is 6.07 Å². The second-order valence-electron chi connectivity index (χ2n) is 4.53. The van der Waals surface area contributed by atoms with Crippen LogP contribution in [0.4, 0.5) is 10.1 Å². The summed E-state index contributed by atoms with van der Waals surface area (Å²) in [6, 6.07) is 11.5. The van der Waals surface area contributed by atoms with Gasteiger partial charge in [-0.2, -0.15) is 5.26 Å². The van der Waals surface area contributed by atoms with Gasteiger partial charge in [-0.05, 0) is 24.3 Å². The van der Waals surface area contributed by atoms with E-state index in [9.17, 15) is 9.18 Å². The number of carbonyl (C=O) groups is 1. The van der Waals surface area contributed by atoms with Crippen molar-refractivity contribution >= 4 is 34.8 Å². The first-order valence-corrected chi connectivity index (χ1v) is 6.49. The van der Waals surface area contributed by atoms with Crippen molar-refractivity contribution in [2.75, 3.05) is 5.32 Å². The van der Waals surface area contributed by atoms with Crippen LogP contribution < -0.4 is 5.32 Å². The third-order valence-electron chi connectivity index (χ3n) is 3.21. The molecule has 2 aromatic rings. The molecule has 21 heavy (non-hydrogen) atoms. The van der Waals surface area contributed by atoms with Gasteiger partial charge >= 0.3 is 0 Å². The molecule has 0 aromatic heterocycles. The van der Waals surface area contributed by atoms with Crippen molar-refractivity contribution in [3.63, 3.8) is 0 Å². The predicted octanol–water partition coefficient (Wildman–Crippen LogP) is 3.84. The van der Waals surface area contributed by atoms with Gasteiger partial charge in [-0.3, -0.25) is 4.79 Å². The van der Waals surface area contributed by atoms with Crippen molar-refractivity contribution in [2.24, 2.45) is 0 Å². The molecule has 1 amide bonds. The van der Waals surface area contributed by atoms with Crippen molar-refractivity contribution in [1.29, 1.82) is 5.26 Å². The largest absolute Gasteiger partial charge is 0.321 e. The molecule has 0 unspecified atom stereocenters. The number of nitrogens with one attached hydrogen (secondary N) is 1. The van der Waals surface area contributed by atoms with Crippen molar-refractivity contribution in [3.8, 4) is 6.07 Å². The number of benzene rings is 2. The van der Waals surface area contributed by atoms with Gasteiger partial charge in [-0.25, -0.2) is 4.39 Å². The molecule has 5 heteroatoms. The normalized spacial score (nSPS) is 14.7. The standard InChI is InChI=1S/C16H8ClFN2O/c17-13-3-1-2-10(15(13)18)7-12-11-5-4-9(8-19)6-14(11)20-16(12)21/h1-7H,(H,20,21)/b12-7+. The van der Waals surface area contributed by atoms with Gasteiger partial charge in [0.25, 0.3) is 5.91 Å². The van der Waals surface area contributed by atoms with E-state index in [4.69, 9.17) is 16.9 Å². The highest BCUT2D eigenvalue weighted by molar-refractivity contribution is 6.35. The molecule has 3 nitrogen and oxygen atoms in total. The second-order valence-corrected chi connectivity index (χ2v) is 4.93. The summed E-state index contributed by atoms with van der Waals surface area (Å²) in [6.07, 6.45) is 1.45. The molecule has 0 atom stereocenters. The van der Waals surface area contributed by atoms with Gasteiger partial charge in [0.15, 0.2) is 0 Å². The number of anilines is 1. The quantitative estimate of drug-likeness (QED) is 0.813. The number of nitriles is 1. The van der Waals surface area contributed by atoms with Crippen LogP contribution in [0.1, 0.15) is 16.7 Å². The van der Waals surface area contributed by atoms with E-state index in [0.717, 1.165) is 0 Å². The number of hydrogen-bond donors (Lipinski definition) is 1. The van der Waals surface area contributed by atoms with E-state index in [1.54, 1.807) is 30.3 Å². The summed E-state index contributed by atoms with van der Waals surface area (Å²) in [5.41, 5.74) is 2.22. The molecule has 0 saturated heterocycles. The molecule has 2 aromatic carbocycles. The van der Waals surface area contributed by atoms with Gasteiger partial charge in [-0.1, -0.05) is 29.8 Å². The van der Waals surface area contributed by atoms with Crippen LogP contribution in [0.5, 0.6) is 0 Å². The maximum Gasteiger partial charge on any atom is 0.256 e. The summed E-state index contributed by atoms with van der Waals surface area (Å²) in [7, 11) is 0. The highest BCUT2D eigenvalue weighted by Crippen LogP contribution is 2.34. The molecule has 102 valence electrons. The van der Waals surface area contributed by atoms with Crippen molar-refractivity contribution in [3.05, 3.63) is 63.9 Å². The van der Waals surface area contributed by atoms with Crippen LogP contribution in [0.25, 0.3) is 11.6 Å². The van der Waals surface area contributed by atoms with Crippen molar-refractivity contribution in [2.45, 2.75) is 0 Å². The summed E-state index contributed by atoms with van der Waals surface area (Å²) >= 11 is 5.73. The van der Waals surface area contributed by atoms with E-state index < -0.39 is 5.82 Å². The SMILES string of the molecule is N#Cc1ccc2c(c1)NC(=O)/C2=C/c1cccc(Cl)c1F. The Morgan fingerprint density at radius 2 is 2.10 bits per heavy atom. The molecule has 0 radical (unpaired) electrons. The monoisotopic (exact) mass is 298 g/mol. The van der Waals surface area contributed by atoms with Crippen LogP contribution in [0.3, 0.4) is 0 Å². The number of rotatable bonds is 1. The first-order valence-electron chi connectivity index (χ1n) is 6.12. The van der Waals surface area contributed by atoms with E-state index >= 15 is 0 Å². The fourth-order valence-electron chi connectivity index (χ4n) is 2.19. The molecule has 1 N–H and O–H groups in total. The van der Waals surface area contributed by atoms with Gasteiger partial charge in [0, 0.05) is 16.7 Å². The second kappa shape index (κ2) is 5.04. The zero-order chi connectivity index (χ0) is 15.0. The Kier molecular flexibility index (Phi) is 3.20. The molecule has 0 fully saturated rings. The predicted molar refractivity (Wildman–Crippen MR) is 79.1 cm³/mol. The average molecular weight is 299 g/mol. The van der Waals surface area contributed by atoms with Crippen LogP contribution >= 0.6 is 11.6 Å². The van der Waals surface area contributed by atoms with Gasteiger partial charge < -0.3 is 5.32 Å². The fourth-order valence-corrected chi connectivity index (χ4v) is 2.38. The van der Waals surface area contributed by atoms with Crippen LogP contribution in [0.15, 0.2) is 36.4 Å². The molecule has 0 saturated carbocycles.